The van der Waals surface area contributed by atoms with Crippen molar-refractivity contribution in [2.45, 2.75) is 46.2 Å². The molecule has 0 saturated carbocycles. The van der Waals surface area contributed by atoms with E-state index >= 15 is 0 Å². The molecule has 1 aromatic carbocycles. The lowest BCUT2D eigenvalue weighted by Gasteiger charge is -2.23. The number of anilines is 1. The van der Waals surface area contributed by atoms with Crippen molar-refractivity contribution >= 4 is 22.9 Å². The predicted molar refractivity (Wildman–Crippen MR) is 119 cm³/mol. The molecule has 0 spiro atoms. The topological polar surface area (TPSA) is 71.2 Å². The standard InChI is InChI=1S/C23H26N4O2S/c1-17-22(18(2)27(25-17)14-5-13-24)11-12-23(28)26(16-21-6-4-15-30-21)19-7-9-20(29-3)10-8-19/h4,6-10,15H,5,11-12,14,16H2,1-3H3. The summed E-state index contributed by atoms with van der Waals surface area (Å²) in [5.41, 5.74) is 3.90. The zero-order valence-corrected chi connectivity index (χ0v) is 18.4. The molecule has 0 radical (unpaired) electrons. The lowest BCUT2D eigenvalue weighted by atomic mass is 10.1. The van der Waals surface area contributed by atoms with Gasteiger partial charge in [0.05, 0.1) is 38.4 Å². The maximum absolute atomic E-state index is 13.2. The van der Waals surface area contributed by atoms with Crippen LogP contribution in [-0.2, 0) is 24.3 Å². The molecule has 2 heterocycles. The molecule has 0 aliphatic carbocycles. The smallest absolute Gasteiger partial charge is 0.227 e. The SMILES string of the molecule is COc1ccc(N(Cc2cccs2)C(=O)CCc2c(C)nn(CCC#N)c2C)cc1. The number of hydrogen-bond acceptors (Lipinski definition) is 5. The van der Waals surface area contributed by atoms with E-state index in [9.17, 15) is 4.79 Å². The van der Waals surface area contributed by atoms with E-state index in [0.717, 1.165) is 33.3 Å². The van der Waals surface area contributed by atoms with Gasteiger partial charge in [0, 0.05) is 22.7 Å². The lowest BCUT2D eigenvalue weighted by molar-refractivity contribution is -0.118. The van der Waals surface area contributed by atoms with E-state index in [4.69, 9.17) is 10.00 Å². The van der Waals surface area contributed by atoms with Crippen molar-refractivity contribution in [1.82, 2.24) is 9.78 Å². The van der Waals surface area contributed by atoms with Gasteiger partial charge in [0.25, 0.3) is 0 Å². The second-order valence-corrected chi connectivity index (χ2v) is 8.07. The molecule has 3 rings (SSSR count). The molecule has 30 heavy (non-hydrogen) atoms. The first-order valence-corrected chi connectivity index (χ1v) is 10.8. The first-order chi connectivity index (χ1) is 14.5. The summed E-state index contributed by atoms with van der Waals surface area (Å²) in [7, 11) is 1.63. The molecule has 0 aliphatic rings. The van der Waals surface area contributed by atoms with Crippen LogP contribution in [0.25, 0.3) is 0 Å². The molecule has 0 aliphatic heterocycles. The van der Waals surface area contributed by atoms with E-state index in [1.54, 1.807) is 18.4 Å². The number of carbonyl (C=O) groups is 1. The maximum atomic E-state index is 13.2. The number of amides is 1. The van der Waals surface area contributed by atoms with Gasteiger partial charge >= 0.3 is 0 Å². The number of hydrogen-bond donors (Lipinski definition) is 0. The van der Waals surface area contributed by atoms with Gasteiger partial charge in [-0.2, -0.15) is 10.4 Å². The van der Waals surface area contributed by atoms with Crippen LogP contribution >= 0.6 is 11.3 Å². The fourth-order valence-electron chi connectivity index (χ4n) is 3.48. The summed E-state index contributed by atoms with van der Waals surface area (Å²) in [6, 6.07) is 13.8. The molecule has 0 atom stereocenters. The van der Waals surface area contributed by atoms with Crippen molar-refractivity contribution in [3.8, 4) is 11.8 Å². The van der Waals surface area contributed by atoms with Gasteiger partial charge in [0.15, 0.2) is 0 Å². The Bertz CT molecular complexity index is 1020. The highest BCUT2D eigenvalue weighted by Gasteiger charge is 2.19. The Balaban J connectivity index is 1.76. The minimum absolute atomic E-state index is 0.0668. The zero-order valence-electron chi connectivity index (χ0n) is 17.6. The first-order valence-electron chi connectivity index (χ1n) is 9.90. The number of methoxy groups -OCH3 is 1. The van der Waals surface area contributed by atoms with Gasteiger partial charge in [-0.15, -0.1) is 11.3 Å². The number of thiophene rings is 1. The van der Waals surface area contributed by atoms with E-state index in [0.29, 0.717) is 32.4 Å². The molecule has 6 nitrogen and oxygen atoms in total. The molecular formula is C23H26N4O2S. The van der Waals surface area contributed by atoms with Crippen molar-refractivity contribution in [1.29, 1.82) is 5.26 Å². The predicted octanol–water partition coefficient (Wildman–Crippen LogP) is 4.65. The minimum Gasteiger partial charge on any atom is -0.497 e. The van der Waals surface area contributed by atoms with Crippen molar-refractivity contribution in [2.75, 3.05) is 12.0 Å². The lowest BCUT2D eigenvalue weighted by Crippen LogP contribution is -2.30. The number of benzene rings is 1. The van der Waals surface area contributed by atoms with Gasteiger partial charge < -0.3 is 9.64 Å². The summed E-state index contributed by atoms with van der Waals surface area (Å²) in [4.78, 5) is 16.2. The van der Waals surface area contributed by atoms with Crippen molar-refractivity contribution in [3.63, 3.8) is 0 Å². The zero-order chi connectivity index (χ0) is 21.5. The largest absolute Gasteiger partial charge is 0.497 e. The van der Waals surface area contributed by atoms with Crippen LogP contribution < -0.4 is 9.64 Å². The van der Waals surface area contributed by atoms with Crippen molar-refractivity contribution < 1.29 is 9.53 Å². The molecule has 1 amide bonds. The van der Waals surface area contributed by atoms with Crippen LogP contribution in [0.3, 0.4) is 0 Å². The molecule has 0 saturated heterocycles. The molecule has 7 heteroatoms. The summed E-state index contributed by atoms with van der Waals surface area (Å²) in [5.74, 6) is 0.829. The number of nitrogens with zero attached hydrogens (tertiary/aromatic N) is 4. The third-order valence-electron chi connectivity index (χ3n) is 5.13. The van der Waals surface area contributed by atoms with Crippen LogP contribution in [0.4, 0.5) is 5.69 Å². The average molecular weight is 423 g/mol. The van der Waals surface area contributed by atoms with E-state index < -0.39 is 0 Å². The highest BCUT2D eigenvalue weighted by Crippen LogP contribution is 2.24. The Morgan fingerprint density at radius 2 is 2.03 bits per heavy atom. The van der Waals surface area contributed by atoms with Crippen LogP contribution in [0.2, 0.25) is 0 Å². The van der Waals surface area contributed by atoms with Crippen molar-refractivity contribution in [2.24, 2.45) is 0 Å². The van der Waals surface area contributed by atoms with Crippen LogP contribution in [0.1, 0.15) is 34.7 Å². The summed E-state index contributed by atoms with van der Waals surface area (Å²) in [6.07, 6.45) is 1.44. The van der Waals surface area contributed by atoms with Crippen molar-refractivity contribution in [3.05, 3.63) is 63.6 Å². The van der Waals surface area contributed by atoms with E-state index in [-0.39, 0.29) is 5.91 Å². The maximum Gasteiger partial charge on any atom is 0.227 e. The Morgan fingerprint density at radius 1 is 1.27 bits per heavy atom. The van der Waals surface area contributed by atoms with Crippen LogP contribution in [0, 0.1) is 25.2 Å². The van der Waals surface area contributed by atoms with E-state index in [1.807, 2.05) is 65.2 Å². The van der Waals surface area contributed by atoms with Gasteiger partial charge in [0.1, 0.15) is 5.75 Å². The Labute approximate surface area is 181 Å². The highest BCUT2D eigenvalue weighted by molar-refractivity contribution is 7.09. The number of rotatable bonds is 9. The normalized spacial score (nSPS) is 10.6. The number of ether oxygens (including phenoxy) is 1. The third kappa shape index (κ3) is 5.08. The summed E-state index contributed by atoms with van der Waals surface area (Å²) in [5, 5.41) is 15.4. The van der Waals surface area contributed by atoms with Crippen LogP contribution in [0.15, 0.2) is 41.8 Å². The van der Waals surface area contributed by atoms with Gasteiger partial charge in [-0.3, -0.25) is 9.48 Å². The van der Waals surface area contributed by atoms with E-state index in [2.05, 4.69) is 11.2 Å². The number of aryl methyl sites for hydroxylation is 2. The van der Waals surface area contributed by atoms with Gasteiger partial charge in [-0.25, -0.2) is 0 Å². The fourth-order valence-corrected chi connectivity index (χ4v) is 4.17. The molecule has 3 aromatic rings. The Morgan fingerprint density at radius 3 is 2.67 bits per heavy atom. The first kappa shape index (κ1) is 21.6. The Hall–Kier alpha value is -3.11. The summed E-state index contributed by atoms with van der Waals surface area (Å²) >= 11 is 1.64. The quantitative estimate of drug-likeness (QED) is 0.503. The highest BCUT2D eigenvalue weighted by atomic mass is 32.1. The third-order valence-corrected chi connectivity index (χ3v) is 6.00. The average Bonchev–Trinajstić information content (AvgIpc) is 3.37. The molecule has 156 valence electrons. The van der Waals surface area contributed by atoms with E-state index in [1.165, 1.54) is 0 Å². The Kier molecular flexibility index (Phi) is 7.26. The molecule has 0 unspecified atom stereocenters. The monoisotopic (exact) mass is 422 g/mol. The summed E-state index contributed by atoms with van der Waals surface area (Å²) < 4.78 is 7.11. The number of nitriles is 1. The summed E-state index contributed by atoms with van der Waals surface area (Å²) in [6.45, 7) is 5.09. The van der Waals surface area contributed by atoms with Gasteiger partial charge in [0.2, 0.25) is 5.91 Å². The number of aromatic nitrogens is 2. The van der Waals surface area contributed by atoms with Crippen LogP contribution in [0.5, 0.6) is 5.75 Å². The molecule has 0 N–H and O–H groups in total. The van der Waals surface area contributed by atoms with Crippen LogP contribution in [-0.4, -0.2) is 22.8 Å². The fraction of sp³-hybridized carbons (Fsp3) is 0.348. The van der Waals surface area contributed by atoms with Gasteiger partial charge in [-0.1, -0.05) is 6.07 Å². The number of carbonyl (C=O) groups excluding carboxylic acids is 1. The molecule has 2 aromatic heterocycles. The second-order valence-electron chi connectivity index (χ2n) is 7.04. The molecular weight excluding hydrogens is 396 g/mol. The second kappa shape index (κ2) is 10.1. The minimum atomic E-state index is 0.0668. The van der Waals surface area contributed by atoms with Gasteiger partial charge in [-0.05, 0) is 61.5 Å². The molecule has 0 fully saturated rings. The molecule has 0 bridgehead atoms.